The molecule has 4 aromatic heterocycles. The highest BCUT2D eigenvalue weighted by molar-refractivity contribution is 5.81. The highest BCUT2D eigenvalue weighted by Gasteiger charge is 2.18. The number of H-pyrrole nitrogens is 1. The van der Waals surface area contributed by atoms with Crippen LogP contribution in [0.4, 0.5) is 0 Å². The Morgan fingerprint density at radius 3 is 2.39 bits per heavy atom. The third-order valence-corrected chi connectivity index (χ3v) is 6.56. The molecule has 0 aliphatic heterocycles. The van der Waals surface area contributed by atoms with Crippen LogP contribution in [0.25, 0.3) is 44.9 Å². The Bertz CT molecular complexity index is 1710. The highest BCUT2D eigenvalue weighted by atomic mass is 15.1. The molecule has 0 radical (unpaired) electrons. The van der Waals surface area contributed by atoms with E-state index in [1.54, 1.807) is 6.20 Å². The summed E-state index contributed by atoms with van der Waals surface area (Å²) < 4.78 is 0. The Labute approximate surface area is 222 Å². The average Bonchev–Trinajstić information content (AvgIpc) is 3.37. The summed E-state index contributed by atoms with van der Waals surface area (Å²) >= 11 is 0. The second-order valence-corrected chi connectivity index (χ2v) is 9.50. The van der Waals surface area contributed by atoms with Crippen LogP contribution in [0.1, 0.15) is 17.1 Å². The fourth-order valence-corrected chi connectivity index (χ4v) is 4.80. The topological polar surface area (TPSA) is 70.6 Å². The minimum Gasteiger partial charge on any atom is -0.339 e. The van der Waals surface area contributed by atoms with Crippen molar-refractivity contribution in [3.8, 4) is 33.9 Å². The Morgan fingerprint density at radius 1 is 0.684 bits per heavy atom. The molecular formula is C32H28N6. The first kappa shape index (κ1) is 23.7. The molecule has 6 heteroatoms. The van der Waals surface area contributed by atoms with Crippen molar-refractivity contribution in [3.05, 3.63) is 120 Å². The van der Waals surface area contributed by atoms with Crippen LogP contribution in [0, 0.1) is 6.92 Å². The van der Waals surface area contributed by atoms with Crippen molar-refractivity contribution in [2.24, 2.45) is 0 Å². The van der Waals surface area contributed by atoms with E-state index in [2.05, 4.69) is 70.4 Å². The van der Waals surface area contributed by atoms with Gasteiger partial charge in [-0.2, -0.15) is 0 Å². The predicted octanol–water partition coefficient (Wildman–Crippen LogP) is 6.69. The van der Waals surface area contributed by atoms with E-state index in [0.717, 1.165) is 51.9 Å². The van der Waals surface area contributed by atoms with Crippen molar-refractivity contribution in [2.75, 3.05) is 7.05 Å². The molecule has 0 saturated heterocycles. The maximum atomic E-state index is 5.02. The van der Waals surface area contributed by atoms with Crippen LogP contribution in [0.3, 0.4) is 0 Å². The number of pyridine rings is 3. The van der Waals surface area contributed by atoms with E-state index in [1.165, 1.54) is 16.7 Å². The predicted molar refractivity (Wildman–Crippen MR) is 152 cm³/mol. The molecule has 0 aliphatic carbocycles. The van der Waals surface area contributed by atoms with Gasteiger partial charge < -0.3 is 4.98 Å². The van der Waals surface area contributed by atoms with Gasteiger partial charge in [-0.15, -0.1) is 0 Å². The van der Waals surface area contributed by atoms with Crippen molar-refractivity contribution < 1.29 is 0 Å². The number of fused-ring (bicyclic) bond motifs is 1. The fraction of sp³-hybridized carbons (Fsp3) is 0.125. The zero-order valence-corrected chi connectivity index (χ0v) is 21.5. The number of benzene rings is 2. The monoisotopic (exact) mass is 496 g/mol. The maximum Gasteiger partial charge on any atom is 0.121 e. The summed E-state index contributed by atoms with van der Waals surface area (Å²) in [5, 5.41) is 0. The van der Waals surface area contributed by atoms with E-state index in [-0.39, 0.29) is 0 Å². The van der Waals surface area contributed by atoms with Gasteiger partial charge in [-0.3, -0.25) is 14.9 Å². The van der Waals surface area contributed by atoms with Gasteiger partial charge in [0.1, 0.15) is 11.5 Å². The number of aromatic nitrogens is 5. The first-order valence-electron chi connectivity index (χ1n) is 12.7. The molecule has 6 rings (SSSR count). The molecule has 6 aromatic rings. The second-order valence-electron chi connectivity index (χ2n) is 9.50. The van der Waals surface area contributed by atoms with E-state index < -0.39 is 0 Å². The van der Waals surface area contributed by atoms with Gasteiger partial charge in [-0.1, -0.05) is 60.7 Å². The van der Waals surface area contributed by atoms with E-state index >= 15 is 0 Å². The summed E-state index contributed by atoms with van der Waals surface area (Å²) in [6.07, 6.45) is 1.78. The molecule has 6 nitrogen and oxygen atoms in total. The van der Waals surface area contributed by atoms with Crippen molar-refractivity contribution in [1.82, 2.24) is 29.8 Å². The summed E-state index contributed by atoms with van der Waals surface area (Å²) in [6, 6.07) is 33.0. The van der Waals surface area contributed by atoms with E-state index in [9.17, 15) is 0 Å². The van der Waals surface area contributed by atoms with Gasteiger partial charge in [0, 0.05) is 18.4 Å². The van der Waals surface area contributed by atoms with E-state index in [0.29, 0.717) is 6.54 Å². The number of nitrogens with one attached hydrogen (secondary N) is 1. The van der Waals surface area contributed by atoms with Crippen molar-refractivity contribution >= 4 is 11.0 Å². The zero-order valence-electron chi connectivity index (χ0n) is 21.5. The normalized spacial score (nSPS) is 11.3. The standard InChI is InChI=1S/C32H28N6/c1-22-10-8-15-28(34-22)31-32(29-18-17-26-27(35-29)16-9-19-33-26)37-30(36-31)21-38(2)20-24-13-6-7-14-25(24)23-11-4-3-5-12-23/h3-19H,20-21H2,1-2H3,(H,36,37). The number of nitrogens with zero attached hydrogens (tertiary/aromatic N) is 5. The largest absolute Gasteiger partial charge is 0.339 e. The second kappa shape index (κ2) is 10.4. The molecule has 0 saturated carbocycles. The summed E-state index contributed by atoms with van der Waals surface area (Å²) in [5.41, 5.74) is 9.72. The molecule has 1 N–H and O–H groups in total. The maximum absolute atomic E-state index is 5.02. The van der Waals surface area contributed by atoms with Gasteiger partial charge in [0.05, 0.1) is 34.7 Å². The summed E-state index contributed by atoms with van der Waals surface area (Å²) in [6.45, 7) is 3.44. The SMILES string of the molecule is Cc1cccc(-c2nc(CN(C)Cc3ccccc3-c3ccccc3)[nH]c2-c2ccc3ncccc3n2)n1. The molecular weight excluding hydrogens is 468 g/mol. The quantitative estimate of drug-likeness (QED) is 0.267. The first-order valence-corrected chi connectivity index (χ1v) is 12.7. The van der Waals surface area contributed by atoms with Gasteiger partial charge in [0.2, 0.25) is 0 Å². The molecule has 2 aromatic carbocycles. The Kier molecular flexibility index (Phi) is 6.46. The molecule has 0 unspecified atom stereocenters. The van der Waals surface area contributed by atoms with Crippen LogP contribution in [-0.4, -0.2) is 36.9 Å². The van der Waals surface area contributed by atoms with Gasteiger partial charge in [0.25, 0.3) is 0 Å². The molecule has 0 bridgehead atoms. The van der Waals surface area contributed by atoms with Crippen LogP contribution < -0.4 is 0 Å². The Balaban J connectivity index is 1.33. The van der Waals surface area contributed by atoms with E-state index in [4.69, 9.17) is 15.0 Å². The number of hydrogen-bond acceptors (Lipinski definition) is 5. The van der Waals surface area contributed by atoms with Gasteiger partial charge >= 0.3 is 0 Å². The van der Waals surface area contributed by atoms with Crippen LogP contribution in [0.5, 0.6) is 0 Å². The van der Waals surface area contributed by atoms with Crippen LogP contribution in [0.2, 0.25) is 0 Å². The van der Waals surface area contributed by atoms with Crippen LogP contribution in [-0.2, 0) is 13.1 Å². The molecule has 186 valence electrons. The summed E-state index contributed by atoms with van der Waals surface area (Å²) in [4.78, 5) is 24.9. The zero-order chi connectivity index (χ0) is 25.9. The lowest BCUT2D eigenvalue weighted by Gasteiger charge is -2.18. The molecule has 0 fully saturated rings. The van der Waals surface area contributed by atoms with Crippen LogP contribution >= 0.6 is 0 Å². The lowest BCUT2D eigenvalue weighted by molar-refractivity contribution is 0.312. The van der Waals surface area contributed by atoms with E-state index in [1.807, 2.05) is 55.5 Å². The third-order valence-electron chi connectivity index (χ3n) is 6.56. The van der Waals surface area contributed by atoms with Crippen molar-refractivity contribution in [1.29, 1.82) is 0 Å². The van der Waals surface area contributed by atoms with Gasteiger partial charge in [-0.05, 0) is 67.1 Å². The molecule has 0 spiro atoms. The van der Waals surface area contributed by atoms with Crippen LogP contribution in [0.15, 0.2) is 103 Å². The molecule has 0 amide bonds. The fourth-order valence-electron chi connectivity index (χ4n) is 4.80. The number of aryl methyl sites for hydroxylation is 1. The highest BCUT2D eigenvalue weighted by Crippen LogP contribution is 2.30. The third kappa shape index (κ3) is 4.94. The number of imidazole rings is 1. The van der Waals surface area contributed by atoms with Gasteiger partial charge in [-0.25, -0.2) is 9.97 Å². The molecule has 4 heterocycles. The Hall–Kier alpha value is -4.68. The minimum atomic E-state index is 0.650. The molecule has 0 aliphatic rings. The van der Waals surface area contributed by atoms with Gasteiger partial charge in [0.15, 0.2) is 0 Å². The lowest BCUT2D eigenvalue weighted by atomic mass is 9.99. The number of hydrogen-bond donors (Lipinski definition) is 1. The Morgan fingerprint density at radius 2 is 1.53 bits per heavy atom. The number of aromatic amines is 1. The van der Waals surface area contributed by atoms with Crippen molar-refractivity contribution in [3.63, 3.8) is 0 Å². The average molecular weight is 497 g/mol. The first-order chi connectivity index (χ1) is 18.6. The van der Waals surface area contributed by atoms with Crippen molar-refractivity contribution in [2.45, 2.75) is 20.0 Å². The minimum absolute atomic E-state index is 0.650. The smallest absolute Gasteiger partial charge is 0.121 e. The summed E-state index contributed by atoms with van der Waals surface area (Å²) in [5.74, 6) is 0.867. The molecule has 38 heavy (non-hydrogen) atoms. The summed E-state index contributed by atoms with van der Waals surface area (Å²) in [7, 11) is 2.12. The molecule has 0 atom stereocenters. The lowest BCUT2D eigenvalue weighted by Crippen LogP contribution is -2.18. The number of rotatable bonds is 7.